The van der Waals surface area contributed by atoms with Crippen LogP contribution < -0.4 is 10.6 Å². The van der Waals surface area contributed by atoms with Gasteiger partial charge in [0.2, 0.25) is 5.91 Å². The summed E-state index contributed by atoms with van der Waals surface area (Å²) in [5, 5.41) is 9.47. The number of carbonyl (C=O) groups is 2. The highest BCUT2D eigenvalue weighted by molar-refractivity contribution is 5.93. The lowest BCUT2D eigenvalue weighted by Gasteiger charge is -2.07. The Morgan fingerprint density at radius 1 is 1.08 bits per heavy atom. The molecule has 0 unspecified atom stereocenters. The third-order valence-corrected chi connectivity index (χ3v) is 3.48. The third-order valence-electron chi connectivity index (χ3n) is 3.48. The monoisotopic (exact) mass is 351 g/mol. The van der Waals surface area contributed by atoms with E-state index < -0.39 is 0 Å². The molecule has 9 heteroatoms. The van der Waals surface area contributed by atoms with Crippen LogP contribution in [0.25, 0.3) is 0 Å². The third kappa shape index (κ3) is 4.94. The van der Waals surface area contributed by atoms with Crippen molar-refractivity contribution < 1.29 is 9.59 Å². The molecule has 132 valence electrons. The van der Waals surface area contributed by atoms with Crippen molar-refractivity contribution in [3.05, 3.63) is 66.8 Å². The van der Waals surface area contributed by atoms with Crippen molar-refractivity contribution in [1.29, 1.82) is 0 Å². The van der Waals surface area contributed by atoms with Crippen LogP contribution >= 0.6 is 0 Å². The first kappa shape index (κ1) is 17.2. The molecule has 0 aliphatic carbocycles. The Labute approximate surface area is 149 Å². The van der Waals surface area contributed by atoms with Crippen molar-refractivity contribution in [2.24, 2.45) is 0 Å². The van der Waals surface area contributed by atoms with Crippen LogP contribution in [0.1, 0.15) is 22.5 Å². The molecule has 1 aromatic carbocycles. The molecule has 0 aliphatic rings. The van der Waals surface area contributed by atoms with Gasteiger partial charge in [-0.2, -0.15) is 5.10 Å². The highest BCUT2D eigenvalue weighted by Crippen LogP contribution is 2.10. The molecule has 0 spiro atoms. The summed E-state index contributed by atoms with van der Waals surface area (Å²) in [6.07, 6.45) is 7.58. The molecule has 0 saturated carbocycles. The molecule has 2 heterocycles. The lowest BCUT2D eigenvalue weighted by atomic mass is 10.2. The summed E-state index contributed by atoms with van der Waals surface area (Å²) in [5.74, 6) is -0.545. The molecule has 3 aromatic rings. The van der Waals surface area contributed by atoms with Gasteiger partial charge in [0.25, 0.3) is 5.91 Å². The zero-order valence-corrected chi connectivity index (χ0v) is 13.9. The normalized spacial score (nSPS) is 10.3. The van der Waals surface area contributed by atoms with Gasteiger partial charge < -0.3 is 10.6 Å². The Bertz CT molecular complexity index is 849. The van der Waals surface area contributed by atoms with Gasteiger partial charge in [0.1, 0.15) is 18.3 Å². The average Bonchev–Trinajstić information content (AvgIpc) is 3.17. The zero-order valence-electron chi connectivity index (χ0n) is 13.9. The Morgan fingerprint density at radius 3 is 2.62 bits per heavy atom. The van der Waals surface area contributed by atoms with Crippen molar-refractivity contribution in [3.8, 4) is 0 Å². The lowest BCUT2D eigenvalue weighted by molar-refractivity contribution is -0.116. The second-order valence-corrected chi connectivity index (χ2v) is 5.43. The van der Waals surface area contributed by atoms with E-state index in [0.29, 0.717) is 12.2 Å². The van der Waals surface area contributed by atoms with Crippen LogP contribution in [-0.4, -0.2) is 43.1 Å². The average molecular weight is 351 g/mol. The molecule has 26 heavy (non-hydrogen) atoms. The van der Waals surface area contributed by atoms with Crippen LogP contribution in [0.3, 0.4) is 0 Å². The molecule has 3 rings (SSSR count). The molecule has 0 atom stereocenters. The lowest BCUT2D eigenvalue weighted by Crippen LogP contribution is -2.28. The standard InChI is InChI=1S/C17H17N7O2/c25-16(5-6-21-17(26)15-9-18-7-8-20-15)23-14-3-1-13(2-4-14)10-24-12-19-11-22-24/h1-4,7-9,11-12H,5-6,10H2,(H,21,26)(H,23,25). The Morgan fingerprint density at radius 2 is 1.92 bits per heavy atom. The van der Waals surface area contributed by atoms with Crippen LogP contribution in [0, 0.1) is 0 Å². The predicted octanol–water partition coefficient (Wildman–Crippen LogP) is 0.875. The summed E-state index contributed by atoms with van der Waals surface area (Å²) < 4.78 is 1.72. The van der Waals surface area contributed by atoms with Crippen LogP contribution in [0.5, 0.6) is 0 Å². The summed E-state index contributed by atoms with van der Waals surface area (Å²) >= 11 is 0. The van der Waals surface area contributed by atoms with Crippen molar-refractivity contribution in [3.63, 3.8) is 0 Å². The van der Waals surface area contributed by atoms with Crippen LogP contribution in [0.2, 0.25) is 0 Å². The van der Waals surface area contributed by atoms with Crippen molar-refractivity contribution in [2.45, 2.75) is 13.0 Å². The van der Waals surface area contributed by atoms with Gasteiger partial charge in [-0.05, 0) is 17.7 Å². The minimum absolute atomic E-state index is 0.159. The summed E-state index contributed by atoms with van der Waals surface area (Å²) in [6.45, 7) is 0.828. The van der Waals surface area contributed by atoms with Gasteiger partial charge in [0.15, 0.2) is 0 Å². The van der Waals surface area contributed by atoms with E-state index in [1.807, 2.05) is 24.3 Å². The van der Waals surface area contributed by atoms with E-state index in [0.717, 1.165) is 5.56 Å². The number of rotatable bonds is 7. The highest BCUT2D eigenvalue weighted by Gasteiger charge is 2.08. The first-order valence-corrected chi connectivity index (χ1v) is 7.96. The molecule has 9 nitrogen and oxygen atoms in total. The molecule has 0 fully saturated rings. The Balaban J connectivity index is 1.42. The maximum Gasteiger partial charge on any atom is 0.271 e. The Kier molecular flexibility index (Phi) is 5.61. The van der Waals surface area contributed by atoms with Gasteiger partial charge in [0.05, 0.1) is 12.7 Å². The van der Waals surface area contributed by atoms with Crippen LogP contribution in [0.4, 0.5) is 5.69 Å². The smallest absolute Gasteiger partial charge is 0.271 e. The summed E-state index contributed by atoms with van der Waals surface area (Å²) in [5.41, 5.74) is 1.96. The number of aromatic nitrogens is 5. The van der Waals surface area contributed by atoms with Gasteiger partial charge in [-0.3, -0.25) is 14.6 Å². The van der Waals surface area contributed by atoms with E-state index in [-0.39, 0.29) is 30.5 Å². The Hall–Kier alpha value is -3.62. The first-order valence-electron chi connectivity index (χ1n) is 7.96. The second-order valence-electron chi connectivity index (χ2n) is 5.43. The maximum absolute atomic E-state index is 12.0. The molecule has 2 N–H and O–H groups in total. The fraction of sp³-hybridized carbons (Fsp3) is 0.176. The molecular weight excluding hydrogens is 334 g/mol. The molecular formula is C17H17N7O2. The molecule has 2 aromatic heterocycles. The first-order chi connectivity index (χ1) is 12.7. The van der Waals surface area contributed by atoms with Crippen molar-refractivity contribution in [2.75, 3.05) is 11.9 Å². The minimum atomic E-state index is -0.358. The van der Waals surface area contributed by atoms with E-state index >= 15 is 0 Å². The highest BCUT2D eigenvalue weighted by atomic mass is 16.2. The van der Waals surface area contributed by atoms with E-state index in [9.17, 15) is 9.59 Å². The predicted molar refractivity (Wildman–Crippen MR) is 93.2 cm³/mol. The van der Waals surface area contributed by atoms with E-state index in [2.05, 4.69) is 30.7 Å². The molecule has 0 radical (unpaired) electrons. The second kappa shape index (κ2) is 8.47. The topological polar surface area (TPSA) is 115 Å². The summed E-state index contributed by atoms with van der Waals surface area (Å²) in [6, 6.07) is 7.46. The number of amides is 2. The van der Waals surface area contributed by atoms with Gasteiger partial charge >= 0.3 is 0 Å². The number of nitrogens with one attached hydrogen (secondary N) is 2. The quantitative estimate of drug-likeness (QED) is 0.653. The van der Waals surface area contributed by atoms with Crippen LogP contribution in [-0.2, 0) is 11.3 Å². The number of hydrogen-bond donors (Lipinski definition) is 2. The fourth-order valence-corrected chi connectivity index (χ4v) is 2.21. The van der Waals surface area contributed by atoms with E-state index in [4.69, 9.17) is 0 Å². The summed E-state index contributed by atoms with van der Waals surface area (Å²) in [7, 11) is 0. The SMILES string of the molecule is O=C(CCNC(=O)c1cnccn1)Nc1ccc(Cn2cncn2)cc1. The minimum Gasteiger partial charge on any atom is -0.350 e. The largest absolute Gasteiger partial charge is 0.350 e. The molecule has 0 bridgehead atoms. The van der Waals surface area contributed by atoms with Crippen molar-refractivity contribution in [1.82, 2.24) is 30.0 Å². The van der Waals surface area contributed by atoms with Gasteiger partial charge in [-0.25, -0.2) is 14.6 Å². The van der Waals surface area contributed by atoms with E-state index in [1.165, 1.54) is 24.9 Å². The number of anilines is 1. The fourth-order valence-electron chi connectivity index (χ4n) is 2.21. The number of benzene rings is 1. The van der Waals surface area contributed by atoms with Crippen molar-refractivity contribution >= 4 is 17.5 Å². The maximum atomic E-state index is 12.0. The number of nitrogens with zero attached hydrogens (tertiary/aromatic N) is 5. The number of carbonyl (C=O) groups excluding carboxylic acids is 2. The molecule has 0 saturated heterocycles. The van der Waals surface area contributed by atoms with E-state index in [1.54, 1.807) is 11.0 Å². The summed E-state index contributed by atoms with van der Waals surface area (Å²) in [4.78, 5) is 35.4. The van der Waals surface area contributed by atoms with Gasteiger partial charge in [-0.15, -0.1) is 0 Å². The molecule has 2 amide bonds. The van der Waals surface area contributed by atoms with Gasteiger partial charge in [-0.1, -0.05) is 12.1 Å². The molecule has 0 aliphatic heterocycles. The van der Waals surface area contributed by atoms with Crippen LogP contribution in [0.15, 0.2) is 55.5 Å². The zero-order chi connectivity index (χ0) is 18.2. The van der Waals surface area contributed by atoms with Gasteiger partial charge in [0, 0.05) is 31.0 Å². The number of hydrogen-bond acceptors (Lipinski definition) is 6.